The smallest absolute Gasteiger partial charge is 0.329 e. The lowest BCUT2D eigenvalue weighted by Crippen LogP contribution is -2.58. The fourth-order valence-electron chi connectivity index (χ4n) is 2.49. The summed E-state index contributed by atoms with van der Waals surface area (Å²) < 4.78 is 36.7. The van der Waals surface area contributed by atoms with Crippen LogP contribution in [-0.4, -0.2) is 31.8 Å². The molecule has 116 valence electrons. The molecule has 1 saturated carbocycles. The van der Waals surface area contributed by atoms with Crippen LogP contribution in [0.3, 0.4) is 0 Å². The van der Waals surface area contributed by atoms with Crippen LogP contribution in [0.5, 0.6) is 5.75 Å². The number of carbonyl (C=O) groups is 1. The standard InChI is InChI=1S/C15H19F2NO3/c1-3-18-15(10-4-5-10,14(19)20-2)9-21-13-7-11(16)6-12(17)8-13/h6-8,10,18H,3-5,9H2,1-2H3. The molecule has 0 spiro atoms. The number of methoxy groups -OCH3 is 1. The molecule has 1 aliphatic rings. The maximum absolute atomic E-state index is 13.2. The van der Waals surface area contributed by atoms with Crippen LogP contribution in [-0.2, 0) is 9.53 Å². The molecule has 1 unspecified atom stereocenters. The molecule has 0 heterocycles. The van der Waals surface area contributed by atoms with E-state index in [0.717, 1.165) is 31.0 Å². The first-order chi connectivity index (χ1) is 10.0. The van der Waals surface area contributed by atoms with E-state index in [2.05, 4.69) is 5.32 Å². The zero-order chi connectivity index (χ0) is 15.5. The van der Waals surface area contributed by atoms with Gasteiger partial charge in [0.1, 0.15) is 24.0 Å². The number of halogens is 2. The number of rotatable bonds is 7. The zero-order valence-corrected chi connectivity index (χ0v) is 12.1. The van der Waals surface area contributed by atoms with E-state index in [1.165, 1.54) is 7.11 Å². The summed E-state index contributed by atoms with van der Waals surface area (Å²) in [6, 6.07) is 2.94. The van der Waals surface area contributed by atoms with Gasteiger partial charge in [-0.25, -0.2) is 13.6 Å². The Morgan fingerprint density at radius 1 is 1.33 bits per heavy atom. The van der Waals surface area contributed by atoms with Gasteiger partial charge < -0.3 is 9.47 Å². The van der Waals surface area contributed by atoms with Crippen molar-refractivity contribution in [3.05, 3.63) is 29.8 Å². The minimum Gasteiger partial charge on any atom is -0.491 e. The first-order valence-electron chi connectivity index (χ1n) is 6.94. The number of hydrogen-bond donors (Lipinski definition) is 1. The van der Waals surface area contributed by atoms with Crippen LogP contribution in [0.15, 0.2) is 18.2 Å². The van der Waals surface area contributed by atoms with Crippen LogP contribution in [0.4, 0.5) is 8.78 Å². The fraction of sp³-hybridized carbons (Fsp3) is 0.533. The summed E-state index contributed by atoms with van der Waals surface area (Å²) >= 11 is 0. The molecule has 0 bridgehead atoms. The van der Waals surface area contributed by atoms with Crippen molar-refractivity contribution in [2.45, 2.75) is 25.3 Å². The molecular formula is C15H19F2NO3. The molecule has 1 aromatic carbocycles. The highest BCUT2D eigenvalue weighted by Crippen LogP contribution is 2.41. The van der Waals surface area contributed by atoms with Crippen molar-refractivity contribution in [2.75, 3.05) is 20.3 Å². The van der Waals surface area contributed by atoms with Gasteiger partial charge in [-0.2, -0.15) is 0 Å². The number of benzene rings is 1. The Labute approximate surface area is 122 Å². The zero-order valence-electron chi connectivity index (χ0n) is 12.1. The second-order valence-corrected chi connectivity index (χ2v) is 5.16. The maximum atomic E-state index is 13.2. The second kappa shape index (κ2) is 6.39. The van der Waals surface area contributed by atoms with Crippen molar-refractivity contribution in [3.63, 3.8) is 0 Å². The van der Waals surface area contributed by atoms with Gasteiger partial charge in [-0.15, -0.1) is 0 Å². The second-order valence-electron chi connectivity index (χ2n) is 5.16. The van der Waals surface area contributed by atoms with Crippen LogP contribution >= 0.6 is 0 Å². The number of likely N-dealkylation sites (N-methyl/N-ethyl adjacent to an activating group) is 1. The van der Waals surface area contributed by atoms with Crippen molar-refractivity contribution in [1.82, 2.24) is 5.32 Å². The first-order valence-corrected chi connectivity index (χ1v) is 6.94. The highest BCUT2D eigenvalue weighted by Gasteiger charge is 2.52. The summed E-state index contributed by atoms with van der Waals surface area (Å²) in [5.74, 6) is -1.68. The highest BCUT2D eigenvalue weighted by atomic mass is 19.1. The molecule has 0 aliphatic heterocycles. The molecule has 6 heteroatoms. The lowest BCUT2D eigenvalue weighted by atomic mass is 9.94. The monoisotopic (exact) mass is 299 g/mol. The molecule has 1 N–H and O–H groups in total. The Morgan fingerprint density at radius 2 is 1.95 bits per heavy atom. The van der Waals surface area contributed by atoms with E-state index >= 15 is 0 Å². The van der Waals surface area contributed by atoms with E-state index in [1.54, 1.807) is 0 Å². The third-order valence-electron chi connectivity index (χ3n) is 3.62. The summed E-state index contributed by atoms with van der Waals surface area (Å²) in [5.41, 5.74) is -0.966. The van der Waals surface area contributed by atoms with E-state index in [1.807, 2.05) is 6.92 Å². The SMILES string of the molecule is CCNC(COc1cc(F)cc(F)c1)(C(=O)OC)C1CC1. The Hall–Kier alpha value is -1.69. The third-order valence-corrected chi connectivity index (χ3v) is 3.62. The molecule has 1 aromatic rings. The van der Waals surface area contributed by atoms with Crippen LogP contribution in [0, 0.1) is 17.6 Å². The number of esters is 1. The normalized spacial score (nSPS) is 17.1. The molecule has 0 aromatic heterocycles. The first kappa shape index (κ1) is 15.7. The van der Waals surface area contributed by atoms with Crippen LogP contribution in [0.2, 0.25) is 0 Å². The van der Waals surface area contributed by atoms with E-state index in [-0.39, 0.29) is 18.3 Å². The highest BCUT2D eigenvalue weighted by molar-refractivity contribution is 5.82. The summed E-state index contributed by atoms with van der Waals surface area (Å²) in [6.07, 6.45) is 1.78. The molecule has 1 aliphatic carbocycles. The molecular weight excluding hydrogens is 280 g/mol. The molecule has 2 rings (SSSR count). The molecule has 0 amide bonds. The predicted molar refractivity (Wildman–Crippen MR) is 73.0 cm³/mol. The summed E-state index contributed by atoms with van der Waals surface area (Å²) in [5, 5.41) is 3.12. The lowest BCUT2D eigenvalue weighted by molar-refractivity contribution is -0.151. The van der Waals surface area contributed by atoms with Crippen LogP contribution in [0.25, 0.3) is 0 Å². The van der Waals surface area contributed by atoms with Gasteiger partial charge in [0, 0.05) is 18.2 Å². The largest absolute Gasteiger partial charge is 0.491 e. The molecule has 1 fully saturated rings. The van der Waals surface area contributed by atoms with E-state index in [0.29, 0.717) is 6.54 Å². The molecule has 0 radical (unpaired) electrons. The minimum absolute atomic E-state index is 0.0267. The van der Waals surface area contributed by atoms with E-state index < -0.39 is 23.1 Å². The number of carbonyl (C=O) groups excluding carboxylic acids is 1. The number of nitrogens with one attached hydrogen (secondary N) is 1. The average molecular weight is 299 g/mol. The Morgan fingerprint density at radius 3 is 2.43 bits per heavy atom. The Kier molecular flexibility index (Phi) is 4.77. The Balaban J connectivity index is 2.16. The van der Waals surface area contributed by atoms with Crippen molar-refractivity contribution in [3.8, 4) is 5.75 Å². The molecule has 1 atom stereocenters. The van der Waals surface area contributed by atoms with Gasteiger partial charge in [0.2, 0.25) is 0 Å². The van der Waals surface area contributed by atoms with Crippen molar-refractivity contribution < 1.29 is 23.0 Å². The predicted octanol–water partition coefficient (Wildman–Crippen LogP) is 2.27. The van der Waals surface area contributed by atoms with E-state index in [4.69, 9.17) is 9.47 Å². The van der Waals surface area contributed by atoms with Gasteiger partial charge >= 0.3 is 5.97 Å². The van der Waals surface area contributed by atoms with Gasteiger partial charge in [0.05, 0.1) is 7.11 Å². The maximum Gasteiger partial charge on any atom is 0.329 e. The summed E-state index contributed by atoms with van der Waals surface area (Å²) in [6.45, 7) is 2.41. The number of ether oxygens (including phenoxy) is 2. The van der Waals surface area contributed by atoms with Gasteiger partial charge in [-0.3, -0.25) is 5.32 Å². The average Bonchev–Trinajstić information content (AvgIpc) is 3.26. The quantitative estimate of drug-likeness (QED) is 0.785. The fourth-order valence-corrected chi connectivity index (χ4v) is 2.49. The van der Waals surface area contributed by atoms with Crippen LogP contribution < -0.4 is 10.1 Å². The summed E-state index contributed by atoms with van der Waals surface area (Å²) in [4.78, 5) is 12.1. The lowest BCUT2D eigenvalue weighted by Gasteiger charge is -2.31. The van der Waals surface area contributed by atoms with Crippen molar-refractivity contribution in [1.29, 1.82) is 0 Å². The topological polar surface area (TPSA) is 47.6 Å². The number of hydrogen-bond acceptors (Lipinski definition) is 4. The summed E-state index contributed by atoms with van der Waals surface area (Å²) in [7, 11) is 1.32. The van der Waals surface area contributed by atoms with Gasteiger partial charge in [-0.1, -0.05) is 6.92 Å². The van der Waals surface area contributed by atoms with Gasteiger partial charge in [-0.05, 0) is 25.3 Å². The third kappa shape index (κ3) is 3.50. The van der Waals surface area contributed by atoms with Gasteiger partial charge in [0.25, 0.3) is 0 Å². The molecule has 21 heavy (non-hydrogen) atoms. The van der Waals surface area contributed by atoms with Crippen LogP contribution in [0.1, 0.15) is 19.8 Å². The van der Waals surface area contributed by atoms with Gasteiger partial charge in [0.15, 0.2) is 5.54 Å². The molecule has 4 nitrogen and oxygen atoms in total. The van der Waals surface area contributed by atoms with Crippen molar-refractivity contribution in [2.24, 2.45) is 5.92 Å². The van der Waals surface area contributed by atoms with E-state index in [9.17, 15) is 13.6 Å². The van der Waals surface area contributed by atoms with Crippen molar-refractivity contribution >= 4 is 5.97 Å². The molecule has 0 saturated heterocycles. The minimum atomic E-state index is -0.966. The Bertz CT molecular complexity index is 499.